The van der Waals surface area contributed by atoms with Gasteiger partial charge in [-0.2, -0.15) is 5.26 Å². The Bertz CT molecular complexity index is 1170. The predicted molar refractivity (Wildman–Crippen MR) is 115 cm³/mol. The highest BCUT2D eigenvalue weighted by atomic mass is 19.1. The Kier molecular flexibility index (Phi) is 6.88. The number of halogens is 3. The third-order valence-corrected chi connectivity index (χ3v) is 6.20. The quantitative estimate of drug-likeness (QED) is 0.560. The van der Waals surface area contributed by atoms with Crippen molar-refractivity contribution < 1.29 is 32.2 Å². The molecule has 0 saturated carbocycles. The van der Waals surface area contributed by atoms with E-state index < -0.39 is 54.9 Å². The standard InChI is InChI=1S/C23H22F3N5O4/c1-12-21-20(18(34-12)4-5-27)23(10-24,31-22(28)35-21)14-6-13(2-3-15(14)26)7-17(32)16-8-30-19(9-29-16)33-11-25/h2-3,6,8-9,12,18,20-21H,4,7,10-11H2,1H3,(H2,28,31)/t12-,18+,20+,21-,23-/m1/s1. The van der Waals surface area contributed by atoms with E-state index in [9.17, 15) is 18.8 Å². The Hall–Kier alpha value is -3.72. The van der Waals surface area contributed by atoms with E-state index in [2.05, 4.69) is 19.7 Å². The van der Waals surface area contributed by atoms with E-state index in [1.807, 2.05) is 6.07 Å². The minimum absolute atomic E-state index is 0.0113. The summed E-state index contributed by atoms with van der Waals surface area (Å²) in [5.74, 6) is -2.12. The Morgan fingerprint density at radius 1 is 1.31 bits per heavy atom. The number of fused-ring (bicyclic) bond motifs is 1. The number of nitriles is 1. The fraction of sp³-hybridized carbons (Fsp3) is 0.435. The molecule has 35 heavy (non-hydrogen) atoms. The zero-order valence-corrected chi connectivity index (χ0v) is 18.7. The summed E-state index contributed by atoms with van der Waals surface area (Å²) in [5, 5.41) is 9.25. The smallest absolute Gasteiger partial charge is 0.283 e. The van der Waals surface area contributed by atoms with Crippen molar-refractivity contribution in [2.24, 2.45) is 16.6 Å². The van der Waals surface area contributed by atoms with Crippen LogP contribution in [0.5, 0.6) is 5.88 Å². The van der Waals surface area contributed by atoms with Gasteiger partial charge in [0.15, 0.2) is 5.78 Å². The molecule has 1 fully saturated rings. The van der Waals surface area contributed by atoms with Gasteiger partial charge >= 0.3 is 0 Å². The number of hydrogen-bond donors (Lipinski definition) is 1. The second-order valence-electron chi connectivity index (χ2n) is 8.27. The van der Waals surface area contributed by atoms with Gasteiger partial charge in [0.25, 0.3) is 6.02 Å². The molecule has 5 atom stereocenters. The number of aliphatic imine (C=N–C) groups is 1. The lowest BCUT2D eigenvalue weighted by atomic mass is 9.72. The average Bonchev–Trinajstić information content (AvgIpc) is 3.16. The second-order valence-corrected chi connectivity index (χ2v) is 8.27. The minimum Gasteiger partial charge on any atom is -0.459 e. The van der Waals surface area contributed by atoms with Crippen molar-refractivity contribution in [3.63, 3.8) is 0 Å². The molecule has 2 aliphatic rings. The first-order valence-electron chi connectivity index (χ1n) is 10.8. The lowest BCUT2D eigenvalue weighted by Gasteiger charge is -2.41. The van der Waals surface area contributed by atoms with Crippen LogP contribution >= 0.6 is 0 Å². The molecule has 1 saturated heterocycles. The van der Waals surface area contributed by atoms with Crippen LogP contribution in [-0.4, -0.2) is 53.6 Å². The number of aromatic nitrogens is 2. The predicted octanol–water partition coefficient (Wildman–Crippen LogP) is 2.54. The highest BCUT2D eigenvalue weighted by Crippen LogP contribution is 2.49. The van der Waals surface area contributed by atoms with Gasteiger partial charge in [0.2, 0.25) is 12.7 Å². The van der Waals surface area contributed by atoms with Gasteiger partial charge < -0.3 is 19.9 Å². The topological polar surface area (TPSA) is 133 Å². The molecule has 2 N–H and O–H groups in total. The summed E-state index contributed by atoms with van der Waals surface area (Å²) >= 11 is 0. The minimum atomic E-state index is -1.81. The maximum Gasteiger partial charge on any atom is 0.283 e. The number of ether oxygens (including phenoxy) is 3. The number of amidine groups is 1. The van der Waals surface area contributed by atoms with Crippen LogP contribution in [0.3, 0.4) is 0 Å². The van der Waals surface area contributed by atoms with Gasteiger partial charge in [0.1, 0.15) is 29.8 Å². The summed E-state index contributed by atoms with van der Waals surface area (Å²) < 4.78 is 58.3. The molecule has 1 aromatic heterocycles. The van der Waals surface area contributed by atoms with Crippen LogP contribution in [0.15, 0.2) is 35.6 Å². The largest absolute Gasteiger partial charge is 0.459 e. The first-order chi connectivity index (χ1) is 16.8. The van der Waals surface area contributed by atoms with Crippen LogP contribution in [0.4, 0.5) is 13.2 Å². The Balaban J connectivity index is 1.70. The summed E-state index contributed by atoms with van der Waals surface area (Å²) in [6, 6.07) is 5.55. The number of carbonyl (C=O) groups excluding carboxylic acids is 1. The summed E-state index contributed by atoms with van der Waals surface area (Å²) in [7, 11) is 0. The molecule has 2 aliphatic heterocycles. The summed E-state index contributed by atoms with van der Waals surface area (Å²) in [4.78, 5) is 24.6. The van der Waals surface area contributed by atoms with Gasteiger partial charge in [-0.1, -0.05) is 6.07 Å². The van der Waals surface area contributed by atoms with Gasteiger partial charge in [0.05, 0.1) is 43.0 Å². The van der Waals surface area contributed by atoms with E-state index in [4.69, 9.17) is 15.2 Å². The molecule has 2 aromatic rings. The zero-order chi connectivity index (χ0) is 25.2. The van der Waals surface area contributed by atoms with E-state index in [0.717, 1.165) is 18.5 Å². The number of benzene rings is 1. The van der Waals surface area contributed by atoms with Crippen molar-refractivity contribution in [2.75, 3.05) is 13.5 Å². The van der Waals surface area contributed by atoms with Gasteiger partial charge in [-0.25, -0.2) is 28.1 Å². The maximum absolute atomic E-state index is 15.2. The Morgan fingerprint density at radius 3 is 2.77 bits per heavy atom. The third kappa shape index (κ3) is 4.51. The summed E-state index contributed by atoms with van der Waals surface area (Å²) in [5.41, 5.74) is 4.28. The molecule has 184 valence electrons. The van der Waals surface area contributed by atoms with E-state index in [0.29, 0.717) is 5.56 Å². The van der Waals surface area contributed by atoms with Gasteiger partial charge in [-0.3, -0.25) is 4.79 Å². The van der Waals surface area contributed by atoms with Crippen molar-refractivity contribution >= 4 is 11.8 Å². The van der Waals surface area contributed by atoms with Crippen LogP contribution in [0, 0.1) is 23.1 Å². The van der Waals surface area contributed by atoms with E-state index in [1.54, 1.807) is 6.92 Å². The van der Waals surface area contributed by atoms with Gasteiger partial charge in [0, 0.05) is 12.0 Å². The maximum atomic E-state index is 15.2. The van der Waals surface area contributed by atoms with Crippen LogP contribution in [0.25, 0.3) is 0 Å². The number of carbonyl (C=O) groups is 1. The average molecular weight is 489 g/mol. The molecule has 12 heteroatoms. The fourth-order valence-electron chi connectivity index (χ4n) is 4.70. The SMILES string of the molecule is C[C@H]1O[C@@H](CC#N)[C@H]2[C@@H]1OC(N)=N[C@]2(CF)c1cc(CC(=O)c2cnc(OCF)cn2)ccc1F. The van der Waals surface area contributed by atoms with E-state index in [1.165, 1.54) is 12.1 Å². The van der Waals surface area contributed by atoms with Gasteiger partial charge in [-0.05, 0) is 24.6 Å². The van der Waals surface area contributed by atoms with Crippen LogP contribution in [0.1, 0.15) is 35.0 Å². The number of ketones is 1. The molecule has 0 aliphatic carbocycles. The van der Waals surface area contributed by atoms with E-state index >= 15 is 4.39 Å². The summed E-state index contributed by atoms with van der Waals surface area (Å²) in [6.07, 6.45) is -0.0765. The van der Waals surface area contributed by atoms with Crippen LogP contribution in [-0.2, 0) is 21.4 Å². The number of nitrogens with two attached hydrogens (primary N) is 1. The second kappa shape index (κ2) is 9.87. The monoisotopic (exact) mass is 489 g/mol. The molecular weight excluding hydrogens is 467 g/mol. The number of rotatable bonds is 8. The highest BCUT2D eigenvalue weighted by Gasteiger charge is 2.59. The first-order valence-corrected chi connectivity index (χ1v) is 10.8. The van der Waals surface area contributed by atoms with Crippen LogP contribution < -0.4 is 10.5 Å². The molecule has 3 heterocycles. The zero-order valence-electron chi connectivity index (χ0n) is 18.7. The first kappa shape index (κ1) is 24.4. The lowest BCUT2D eigenvalue weighted by molar-refractivity contribution is 0.0274. The molecule has 0 spiro atoms. The number of hydrogen-bond acceptors (Lipinski definition) is 9. The Morgan fingerprint density at radius 2 is 2.11 bits per heavy atom. The van der Waals surface area contributed by atoms with Crippen molar-refractivity contribution in [3.05, 3.63) is 53.2 Å². The normalized spacial score (nSPS) is 27.3. The molecular formula is C23H22F3N5O4. The van der Waals surface area contributed by atoms with Crippen molar-refractivity contribution in [1.29, 1.82) is 5.26 Å². The molecule has 0 unspecified atom stereocenters. The van der Waals surface area contributed by atoms with Crippen molar-refractivity contribution in [2.45, 2.75) is 43.6 Å². The lowest BCUT2D eigenvalue weighted by Crippen LogP contribution is -2.53. The van der Waals surface area contributed by atoms with Crippen molar-refractivity contribution in [1.82, 2.24) is 9.97 Å². The molecule has 4 rings (SSSR count). The summed E-state index contributed by atoms with van der Waals surface area (Å²) in [6.45, 7) is -0.519. The third-order valence-electron chi connectivity index (χ3n) is 6.20. The molecule has 9 nitrogen and oxygen atoms in total. The highest BCUT2D eigenvalue weighted by molar-refractivity contribution is 5.95. The van der Waals surface area contributed by atoms with Crippen LogP contribution in [0.2, 0.25) is 0 Å². The number of nitrogens with zero attached hydrogens (tertiary/aromatic N) is 4. The van der Waals surface area contributed by atoms with E-state index in [-0.39, 0.29) is 36.0 Å². The number of alkyl halides is 2. The Labute approximate surface area is 198 Å². The molecule has 0 bridgehead atoms. The molecule has 1 aromatic carbocycles. The fourth-order valence-corrected chi connectivity index (χ4v) is 4.70. The number of Topliss-reactive ketones (excluding diaryl/α,β-unsaturated/α-hetero) is 1. The van der Waals surface area contributed by atoms with Crippen molar-refractivity contribution in [3.8, 4) is 11.9 Å². The molecule has 0 amide bonds. The van der Waals surface area contributed by atoms with Gasteiger partial charge in [-0.15, -0.1) is 0 Å². The molecule has 0 radical (unpaired) electrons.